The van der Waals surface area contributed by atoms with E-state index in [1.807, 2.05) is 19.1 Å². The predicted molar refractivity (Wildman–Crippen MR) is 61.8 cm³/mol. The Balaban J connectivity index is 3.20. The lowest BCUT2D eigenvalue weighted by Gasteiger charge is -2.09. The van der Waals surface area contributed by atoms with Crippen LogP contribution in [0.4, 0.5) is 0 Å². The van der Waals surface area contributed by atoms with Crippen molar-refractivity contribution in [2.45, 2.75) is 27.2 Å². The minimum atomic E-state index is 0.660. The second kappa shape index (κ2) is 4.80. The van der Waals surface area contributed by atoms with Gasteiger partial charge in [-0.25, -0.2) is 0 Å². The molecule has 0 aliphatic rings. The molecule has 0 spiro atoms. The second-order valence-corrected chi connectivity index (χ2v) is 3.31. The van der Waals surface area contributed by atoms with Crippen LogP contribution in [-0.2, 0) is 6.42 Å². The van der Waals surface area contributed by atoms with Gasteiger partial charge in [0.2, 0.25) is 0 Å². The highest BCUT2D eigenvalue weighted by Gasteiger charge is 2.05. The van der Waals surface area contributed by atoms with E-state index in [4.69, 9.17) is 5.73 Å². The Hall–Kier alpha value is -1.31. The Bertz CT molecular complexity index is 340. The van der Waals surface area contributed by atoms with Crippen LogP contribution in [0.5, 0.6) is 0 Å². The third-order valence-corrected chi connectivity index (χ3v) is 2.37. The summed E-state index contributed by atoms with van der Waals surface area (Å²) in [6, 6.07) is 6.18. The maximum atomic E-state index is 5.90. The number of nitrogens with two attached hydrogens (primary N) is 1. The standard InChI is InChI=1S/C12H18N2/c1-4-10-9(3)7-6-8-11(10)12(13)14-5-2/h6-8H,4-5H2,1-3H3,(H2,13,14). The lowest BCUT2D eigenvalue weighted by Crippen LogP contribution is -2.16. The molecule has 0 fully saturated rings. The maximum Gasteiger partial charge on any atom is 0.125 e. The van der Waals surface area contributed by atoms with Gasteiger partial charge in [-0.1, -0.05) is 25.1 Å². The van der Waals surface area contributed by atoms with Crippen LogP contribution in [-0.4, -0.2) is 12.4 Å². The summed E-state index contributed by atoms with van der Waals surface area (Å²) in [7, 11) is 0. The van der Waals surface area contributed by atoms with Gasteiger partial charge in [0, 0.05) is 12.1 Å². The van der Waals surface area contributed by atoms with Gasteiger partial charge in [-0.3, -0.25) is 4.99 Å². The van der Waals surface area contributed by atoms with Gasteiger partial charge in [-0.05, 0) is 31.4 Å². The lowest BCUT2D eigenvalue weighted by molar-refractivity contribution is 1.08. The molecule has 0 aromatic heterocycles. The molecule has 2 N–H and O–H groups in total. The molecule has 0 bridgehead atoms. The molecule has 0 radical (unpaired) electrons. The fourth-order valence-corrected chi connectivity index (χ4v) is 1.67. The van der Waals surface area contributed by atoms with E-state index in [9.17, 15) is 0 Å². The average Bonchev–Trinajstić information content (AvgIpc) is 2.17. The number of rotatable bonds is 3. The molecule has 0 heterocycles. The van der Waals surface area contributed by atoms with Crippen molar-refractivity contribution >= 4 is 5.84 Å². The molecule has 1 aromatic rings. The maximum absolute atomic E-state index is 5.90. The molecule has 2 heteroatoms. The van der Waals surface area contributed by atoms with Gasteiger partial charge in [0.25, 0.3) is 0 Å². The highest BCUT2D eigenvalue weighted by Crippen LogP contribution is 2.14. The number of nitrogens with zero attached hydrogens (tertiary/aromatic N) is 1. The summed E-state index contributed by atoms with van der Waals surface area (Å²) >= 11 is 0. The summed E-state index contributed by atoms with van der Waals surface area (Å²) in [5.41, 5.74) is 9.59. The van der Waals surface area contributed by atoms with E-state index in [0.717, 1.165) is 18.5 Å². The first-order valence-electron chi connectivity index (χ1n) is 5.09. The van der Waals surface area contributed by atoms with Gasteiger partial charge in [0.1, 0.15) is 5.84 Å². The fourth-order valence-electron chi connectivity index (χ4n) is 1.67. The molecule has 14 heavy (non-hydrogen) atoms. The normalized spacial score (nSPS) is 11.8. The van der Waals surface area contributed by atoms with E-state index in [1.165, 1.54) is 11.1 Å². The van der Waals surface area contributed by atoms with Gasteiger partial charge >= 0.3 is 0 Å². The molecule has 76 valence electrons. The fraction of sp³-hybridized carbons (Fsp3) is 0.417. The van der Waals surface area contributed by atoms with Crippen molar-refractivity contribution in [2.75, 3.05) is 6.54 Å². The summed E-state index contributed by atoms with van der Waals surface area (Å²) < 4.78 is 0. The Kier molecular flexibility index (Phi) is 3.69. The molecule has 0 aliphatic carbocycles. The highest BCUT2D eigenvalue weighted by molar-refractivity contribution is 5.99. The summed E-state index contributed by atoms with van der Waals surface area (Å²) in [5, 5.41) is 0. The van der Waals surface area contributed by atoms with Gasteiger partial charge < -0.3 is 5.73 Å². The first kappa shape index (κ1) is 10.8. The molecule has 0 aliphatic heterocycles. The highest BCUT2D eigenvalue weighted by atomic mass is 14.8. The third-order valence-electron chi connectivity index (χ3n) is 2.37. The van der Waals surface area contributed by atoms with E-state index in [2.05, 4.69) is 24.9 Å². The van der Waals surface area contributed by atoms with E-state index in [1.54, 1.807) is 0 Å². The molecular weight excluding hydrogens is 172 g/mol. The number of hydrogen-bond donors (Lipinski definition) is 1. The van der Waals surface area contributed by atoms with E-state index in [-0.39, 0.29) is 0 Å². The number of amidine groups is 1. The summed E-state index contributed by atoms with van der Waals surface area (Å²) in [5.74, 6) is 0.660. The Morgan fingerprint density at radius 1 is 1.36 bits per heavy atom. The van der Waals surface area contributed by atoms with Crippen LogP contribution < -0.4 is 5.73 Å². The van der Waals surface area contributed by atoms with Crippen LogP contribution >= 0.6 is 0 Å². The summed E-state index contributed by atoms with van der Waals surface area (Å²) in [4.78, 5) is 4.24. The Morgan fingerprint density at radius 3 is 2.64 bits per heavy atom. The van der Waals surface area contributed by atoms with Crippen molar-refractivity contribution in [1.29, 1.82) is 0 Å². The lowest BCUT2D eigenvalue weighted by atomic mass is 9.99. The quantitative estimate of drug-likeness (QED) is 0.576. The zero-order valence-corrected chi connectivity index (χ0v) is 9.17. The van der Waals surface area contributed by atoms with E-state index >= 15 is 0 Å². The van der Waals surface area contributed by atoms with Crippen LogP contribution in [0, 0.1) is 6.92 Å². The first-order chi connectivity index (χ1) is 6.70. The van der Waals surface area contributed by atoms with Gasteiger partial charge in [-0.15, -0.1) is 0 Å². The van der Waals surface area contributed by atoms with Crippen molar-refractivity contribution in [3.8, 4) is 0 Å². The SMILES string of the molecule is CC/N=C(\N)c1cccc(C)c1CC. The average molecular weight is 190 g/mol. The summed E-state index contributed by atoms with van der Waals surface area (Å²) in [6.45, 7) is 6.99. The van der Waals surface area contributed by atoms with Crippen molar-refractivity contribution in [3.63, 3.8) is 0 Å². The number of aliphatic imine (C=N–C) groups is 1. The first-order valence-corrected chi connectivity index (χ1v) is 5.09. The molecule has 2 nitrogen and oxygen atoms in total. The number of aryl methyl sites for hydroxylation is 1. The van der Waals surface area contributed by atoms with Crippen LogP contribution in [0.15, 0.2) is 23.2 Å². The predicted octanol–water partition coefficient (Wildman–Crippen LogP) is 2.28. The number of hydrogen-bond acceptors (Lipinski definition) is 1. The molecule has 0 amide bonds. The second-order valence-electron chi connectivity index (χ2n) is 3.31. The van der Waals surface area contributed by atoms with Crippen molar-refractivity contribution in [2.24, 2.45) is 10.7 Å². The van der Waals surface area contributed by atoms with Crippen LogP contribution in [0.1, 0.15) is 30.5 Å². The molecule has 0 saturated heterocycles. The van der Waals surface area contributed by atoms with Crippen molar-refractivity contribution in [3.05, 3.63) is 34.9 Å². The largest absolute Gasteiger partial charge is 0.383 e. The van der Waals surface area contributed by atoms with Gasteiger partial charge in [-0.2, -0.15) is 0 Å². The molecule has 0 unspecified atom stereocenters. The summed E-state index contributed by atoms with van der Waals surface area (Å²) in [6.07, 6.45) is 1.00. The zero-order chi connectivity index (χ0) is 10.6. The molecule has 0 saturated carbocycles. The minimum Gasteiger partial charge on any atom is -0.383 e. The number of benzene rings is 1. The van der Waals surface area contributed by atoms with Crippen molar-refractivity contribution < 1.29 is 0 Å². The Labute approximate surface area is 85.9 Å². The zero-order valence-electron chi connectivity index (χ0n) is 9.17. The van der Waals surface area contributed by atoms with Crippen molar-refractivity contribution in [1.82, 2.24) is 0 Å². The molecule has 1 rings (SSSR count). The Morgan fingerprint density at radius 2 is 2.07 bits per heavy atom. The van der Waals surface area contributed by atoms with Gasteiger partial charge in [0.05, 0.1) is 0 Å². The topological polar surface area (TPSA) is 38.4 Å². The smallest absolute Gasteiger partial charge is 0.125 e. The van der Waals surface area contributed by atoms with Crippen LogP contribution in [0.3, 0.4) is 0 Å². The van der Waals surface area contributed by atoms with Gasteiger partial charge in [0.15, 0.2) is 0 Å². The minimum absolute atomic E-state index is 0.660. The molecular formula is C12H18N2. The van der Waals surface area contributed by atoms with E-state index in [0.29, 0.717) is 5.84 Å². The van der Waals surface area contributed by atoms with Crippen LogP contribution in [0.25, 0.3) is 0 Å². The molecule has 0 atom stereocenters. The monoisotopic (exact) mass is 190 g/mol. The third kappa shape index (κ3) is 2.13. The molecule has 1 aromatic carbocycles. The van der Waals surface area contributed by atoms with E-state index < -0.39 is 0 Å². The van der Waals surface area contributed by atoms with Crippen LogP contribution in [0.2, 0.25) is 0 Å².